The number of carbonyl (C=O) groups is 2. The Labute approximate surface area is 189 Å². The van der Waals surface area contributed by atoms with Crippen LogP contribution in [0, 0.1) is 0 Å². The third-order valence-electron chi connectivity index (χ3n) is 4.96. The summed E-state index contributed by atoms with van der Waals surface area (Å²) in [7, 11) is 0. The first kappa shape index (κ1) is 21.2. The van der Waals surface area contributed by atoms with Crippen molar-refractivity contribution in [2.24, 2.45) is 0 Å². The topological polar surface area (TPSA) is 62.3 Å². The fraction of sp³-hybridized carbons (Fsp3) is 0.208. The first-order chi connectivity index (χ1) is 15.2. The van der Waals surface area contributed by atoms with E-state index >= 15 is 0 Å². The Bertz CT molecular complexity index is 1130. The molecule has 2 amide bonds. The van der Waals surface area contributed by atoms with Crippen molar-refractivity contribution in [1.82, 2.24) is 10.3 Å². The van der Waals surface area contributed by atoms with Gasteiger partial charge in [0.25, 0.3) is 5.91 Å². The Morgan fingerprint density at radius 1 is 1.06 bits per heavy atom. The quantitative estimate of drug-likeness (QED) is 0.346. The predicted octanol–water partition coefficient (Wildman–Crippen LogP) is 5.80. The Morgan fingerprint density at radius 3 is 2.58 bits per heavy atom. The Balaban J connectivity index is 1.49. The van der Waals surface area contributed by atoms with Gasteiger partial charge in [-0.15, -0.1) is 0 Å². The molecule has 0 bridgehead atoms. The van der Waals surface area contributed by atoms with Gasteiger partial charge in [0.2, 0.25) is 5.91 Å². The predicted molar refractivity (Wildman–Crippen MR) is 128 cm³/mol. The summed E-state index contributed by atoms with van der Waals surface area (Å²) in [5, 5.41) is 7.23. The van der Waals surface area contributed by atoms with Gasteiger partial charge < -0.3 is 5.32 Å². The second-order valence-electron chi connectivity index (χ2n) is 7.08. The zero-order valence-corrected chi connectivity index (χ0v) is 18.8. The van der Waals surface area contributed by atoms with Crippen LogP contribution in [0.3, 0.4) is 0 Å². The van der Waals surface area contributed by atoms with E-state index in [1.165, 1.54) is 28.2 Å². The molecule has 0 aliphatic carbocycles. The lowest BCUT2D eigenvalue weighted by Gasteiger charge is -2.20. The molecule has 31 heavy (non-hydrogen) atoms. The van der Waals surface area contributed by atoms with E-state index in [1.54, 1.807) is 11.0 Å². The normalized spacial score (nSPS) is 10.9. The van der Waals surface area contributed by atoms with Gasteiger partial charge in [-0.3, -0.25) is 14.5 Å². The van der Waals surface area contributed by atoms with Crippen molar-refractivity contribution in [3.8, 4) is 0 Å². The lowest BCUT2D eigenvalue weighted by molar-refractivity contribution is -0.118. The molecule has 2 aromatic carbocycles. The molecule has 0 saturated carbocycles. The number of aromatic nitrogens is 1. The highest BCUT2D eigenvalue weighted by Gasteiger charge is 2.21. The highest BCUT2D eigenvalue weighted by Crippen LogP contribution is 2.34. The zero-order valence-electron chi connectivity index (χ0n) is 17.2. The van der Waals surface area contributed by atoms with E-state index < -0.39 is 0 Å². The first-order valence-corrected chi connectivity index (χ1v) is 12.0. The standard InChI is InChI=1S/C24H23N3O2S2/c1-2-17-9-11-19(12-10-17)27(24-26-20-6-3-4-7-21(20)31-24)22(28)8-5-14-25-23(29)18-13-15-30-16-18/h3-4,6-7,9-13,15-16H,2,5,8,14H2,1H3,(H,25,29). The molecule has 0 spiro atoms. The molecule has 0 aliphatic heterocycles. The minimum atomic E-state index is -0.105. The van der Waals surface area contributed by atoms with Gasteiger partial charge in [-0.2, -0.15) is 11.3 Å². The molecular formula is C24H23N3O2S2. The number of fused-ring (bicyclic) bond motifs is 1. The molecule has 0 saturated heterocycles. The van der Waals surface area contributed by atoms with Crippen LogP contribution >= 0.6 is 22.7 Å². The van der Waals surface area contributed by atoms with E-state index in [4.69, 9.17) is 4.98 Å². The number of nitrogens with zero attached hydrogens (tertiary/aromatic N) is 2. The summed E-state index contributed by atoms with van der Waals surface area (Å²) in [5.74, 6) is -0.139. The van der Waals surface area contributed by atoms with Crippen LogP contribution in [-0.4, -0.2) is 23.3 Å². The van der Waals surface area contributed by atoms with E-state index in [2.05, 4.69) is 12.2 Å². The number of hydrogen-bond donors (Lipinski definition) is 1. The first-order valence-electron chi connectivity index (χ1n) is 10.2. The Kier molecular flexibility index (Phi) is 6.74. The summed E-state index contributed by atoms with van der Waals surface area (Å²) in [5.41, 5.74) is 3.57. The molecule has 158 valence electrons. The number of aryl methyl sites for hydroxylation is 1. The van der Waals surface area contributed by atoms with Crippen LogP contribution in [0.25, 0.3) is 10.2 Å². The van der Waals surface area contributed by atoms with Crippen LogP contribution in [0.2, 0.25) is 0 Å². The van der Waals surface area contributed by atoms with Crippen molar-refractivity contribution in [2.45, 2.75) is 26.2 Å². The van der Waals surface area contributed by atoms with Crippen LogP contribution in [0.4, 0.5) is 10.8 Å². The molecule has 2 aromatic heterocycles. The number of para-hydroxylation sites is 1. The fourth-order valence-corrected chi connectivity index (χ4v) is 4.89. The number of anilines is 2. The van der Waals surface area contributed by atoms with Gasteiger partial charge in [-0.05, 0) is 54.1 Å². The van der Waals surface area contributed by atoms with Crippen molar-refractivity contribution in [3.05, 3.63) is 76.5 Å². The second-order valence-corrected chi connectivity index (χ2v) is 8.87. The monoisotopic (exact) mass is 449 g/mol. The number of thiazole rings is 1. The van der Waals surface area contributed by atoms with E-state index in [0.717, 1.165) is 22.3 Å². The van der Waals surface area contributed by atoms with Gasteiger partial charge in [0.15, 0.2) is 5.13 Å². The lowest BCUT2D eigenvalue weighted by Crippen LogP contribution is -2.28. The smallest absolute Gasteiger partial charge is 0.252 e. The zero-order chi connectivity index (χ0) is 21.6. The number of rotatable bonds is 8. The average Bonchev–Trinajstić information content (AvgIpc) is 3.47. The minimum absolute atomic E-state index is 0.0342. The highest BCUT2D eigenvalue weighted by molar-refractivity contribution is 7.22. The summed E-state index contributed by atoms with van der Waals surface area (Å²) < 4.78 is 1.04. The van der Waals surface area contributed by atoms with Crippen LogP contribution in [0.1, 0.15) is 35.7 Å². The van der Waals surface area contributed by atoms with Gasteiger partial charge in [-0.1, -0.05) is 42.5 Å². The lowest BCUT2D eigenvalue weighted by atomic mass is 10.1. The summed E-state index contributed by atoms with van der Waals surface area (Å²) >= 11 is 2.99. The van der Waals surface area contributed by atoms with Crippen LogP contribution < -0.4 is 10.2 Å². The molecule has 4 aromatic rings. The molecule has 7 heteroatoms. The summed E-state index contributed by atoms with van der Waals surface area (Å²) in [6, 6.07) is 17.7. The third-order valence-corrected chi connectivity index (χ3v) is 6.67. The van der Waals surface area contributed by atoms with Crippen LogP contribution in [0.5, 0.6) is 0 Å². The van der Waals surface area contributed by atoms with Crippen molar-refractivity contribution in [3.63, 3.8) is 0 Å². The average molecular weight is 450 g/mol. The van der Waals surface area contributed by atoms with E-state index in [1.807, 2.05) is 59.3 Å². The van der Waals surface area contributed by atoms with Gasteiger partial charge >= 0.3 is 0 Å². The number of nitrogens with one attached hydrogen (secondary N) is 1. The van der Waals surface area contributed by atoms with E-state index in [0.29, 0.717) is 30.1 Å². The van der Waals surface area contributed by atoms with E-state index in [9.17, 15) is 9.59 Å². The molecular weight excluding hydrogens is 426 g/mol. The van der Waals surface area contributed by atoms with Crippen molar-refractivity contribution in [2.75, 3.05) is 11.4 Å². The van der Waals surface area contributed by atoms with Crippen LogP contribution in [0.15, 0.2) is 65.4 Å². The molecule has 0 atom stereocenters. The molecule has 0 unspecified atom stereocenters. The van der Waals surface area contributed by atoms with E-state index in [-0.39, 0.29) is 11.8 Å². The number of thiophene rings is 1. The second kappa shape index (κ2) is 9.85. The molecule has 2 heterocycles. The number of benzene rings is 2. The highest BCUT2D eigenvalue weighted by atomic mass is 32.1. The SMILES string of the molecule is CCc1ccc(N(C(=O)CCCNC(=O)c2ccsc2)c2nc3ccccc3s2)cc1. The number of amides is 2. The van der Waals surface area contributed by atoms with Crippen LogP contribution in [-0.2, 0) is 11.2 Å². The molecule has 0 fully saturated rings. The Morgan fingerprint density at radius 2 is 1.87 bits per heavy atom. The molecule has 5 nitrogen and oxygen atoms in total. The Hall–Kier alpha value is -3.03. The maximum atomic E-state index is 13.2. The number of carbonyl (C=O) groups excluding carboxylic acids is 2. The van der Waals surface area contributed by atoms with Crippen molar-refractivity contribution < 1.29 is 9.59 Å². The molecule has 0 aliphatic rings. The molecule has 4 rings (SSSR count). The maximum absolute atomic E-state index is 13.2. The fourth-order valence-electron chi connectivity index (χ4n) is 3.25. The maximum Gasteiger partial charge on any atom is 0.252 e. The number of hydrogen-bond acceptors (Lipinski definition) is 5. The summed E-state index contributed by atoms with van der Waals surface area (Å²) in [6.07, 6.45) is 1.82. The van der Waals surface area contributed by atoms with Gasteiger partial charge in [-0.25, -0.2) is 4.98 Å². The molecule has 1 N–H and O–H groups in total. The minimum Gasteiger partial charge on any atom is -0.352 e. The largest absolute Gasteiger partial charge is 0.352 e. The summed E-state index contributed by atoms with van der Waals surface area (Å²) in [4.78, 5) is 31.7. The van der Waals surface area contributed by atoms with Crippen molar-refractivity contribution in [1.29, 1.82) is 0 Å². The summed E-state index contributed by atoms with van der Waals surface area (Å²) in [6.45, 7) is 2.55. The van der Waals surface area contributed by atoms with Gasteiger partial charge in [0.1, 0.15) is 0 Å². The third kappa shape index (κ3) is 5.00. The van der Waals surface area contributed by atoms with Crippen molar-refractivity contribution >= 4 is 55.5 Å². The molecule has 0 radical (unpaired) electrons. The van der Waals surface area contributed by atoms with Gasteiger partial charge in [0.05, 0.1) is 15.9 Å². The van der Waals surface area contributed by atoms with Gasteiger partial charge in [0, 0.05) is 23.9 Å².